The quantitative estimate of drug-likeness (QED) is 0.763. The normalized spacial score (nSPS) is 21.0. The highest BCUT2D eigenvalue weighted by Crippen LogP contribution is 2.21. The Morgan fingerprint density at radius 1 is 1.06 bits per heavy atom. The molecule has 3 nitrogen and oxygen atoms in total. The Bertz CT molecular complexity index is 369. The van der Waals surface area contributed by atoms with Crippen LogP contribution in [-0.2, 0) is 19.6 Å². The maximum atomic E-state index is 3.43. The Morgan fingerprint density at radius 3 is 2.81 bits per heavy atom. The van der Waals surface area contributed by atoms with Gasteiger partial charge in [-0.1, -0.05) is 18.2 Å². The standard InChI is InChI=1S/C13H19N3/c1-2-11-8-15-9-13(11)12(3-1)10-16-6-4-14-5-7-16/h1-3,14-15H,4-10H2. The summed E-state index contributed by atoms with van der Waals surface area (Å²) in [5.74, 6) is 0. The van der Waals surface area contributed by atoms with Crippen LogP contribution in [0.3, 0.4) is 0 Å². The zero-order valence-corrected chi connectivity index (χ0v) is 9.63. The van der Waals surface area contributed by atoms with Gasteiger partial charge in [-0.15, -0.1) is 0 Å². The molecule has 3 rings (SSSR count). The first-order chi connectivity index (χ1) is 7.93. The number of nitrogens with one attached hydrogen (secondary N) is 2. The van der Waals surface area contributed by atoms with Crippen molar-refractivity contribution >= 4 is 0 Å². The van der Waals surface area contributed by atoms with E-state index in [1.54, 1.807) is 5.56 Å². The van der Waals surface area contributed by atoms with Crippen LogP contribution in [0.25, 0.3) is 0 Å². The van der Waals surface area contributed by atoms with E-state index in [-0.39, 0.29) is 0 Å². The van der Waals surface area contributed by atoms with E-state index in [1.807, 2.05) is 0 Å². The summed E-state index contributed by atoms with van der Waals surface area (Å²) < 4.78 is 0. The Balaban J connectivity index is 1.76. The van der Waals surface area contributed by atoms with Gasteiger partial charge in [0, 0.05) is 45.8 Å². The van der Waals surface area contributed by atoms with Gasteiger partial charge in [0.2, 0.25) is 0 Å². The van der Waals surface area contributed by atoms with Crippen molar-refractivity contribution in [2.24, 2.45) is 0 Å². The van der Waals surface area contributed by atoms with Crippen molar-refractivity contribution in [3.8, 4) is 0 Å². The largest absolute Gasteiger partial charge is 0.314 e. The molecule has 1 aromatic carbocycles. The average molecular weight is 217 g/mol. The van der Waals surface area contributed by atoms with Gasteiger partial charge in [-0.05, 0) is 16.7 Å². The van der Waals surface area contributed by atoms with Crippen LogP contribution in [0, 0.1) is 0 Å². The molecule has 2 N–H and O–H groups in total. The molecular formula is C13H19N3. The molecule has 0 aromatic heterocycles. The van der Waals surface area contributed by atoms with Crippen LogP contribution < -0.4 is 10.6 Å². The van der Waals surface area contributed by atoms with E-state index in [4.69, 9.17) is 0 Å². The molecule has 1 aromatic rings. The van der Waals surface area contributed by atoms with Crippen molar-refractivity contribution < 1.29 is 0 Å². The van der Waals surface area contributed by atoms with Crippen LogP contribution in [0.1, 0.15) is 16.7 Å². The molecule has 2 aliphatic heterocycles. The molecule has 0 radical (unpaired) electrons. The van der Waals surface area contributed by atoms with Crippen LogP contribution >= 0.6 is 0 Å². The lowest BCUT2D eigenvalue weighted by molar-refractivity contribution is 0.232. The van der Waals surface area contributed by atoms with Gasteiger partial charge in [0.05, 0.1) is 0 Å². The van der Waals surface area contributed by atoms with Crippen molar-refractivity contribution in [3.63, 3.8) is 0 Å². The van der Waals surface area contributed by atoms with Gasteiger partial charge < -0.3 is 10.6 Å². The highest BCUT2D eigenvalue weighted by molar-refractivity contribution is 5.37. The Morgan fingerprint density at radius 2 is 1.94 bits per heavy atom. The van der Waals surface area contributed by atoms with Crippen LogP contribution in [0.2, 0.25) is 0 Å². The zero-order chi connectivity index (χ0) is 10.8. The van der Waals surface area contributed by atoms with Crippen molar-refractivity contribution in [1.82, 2.24) is 15.5 Å². The highest BCUT2D eigenvalue weighted by atomic mass is 15.2. The molecule has 0 bridgehead atoms. The molecule has 16 heavy (non-hydrogen) atoms. The molecule has 2 aliphatic rings. The summed E-state index contributed by atoms with van der Waals surface area (Å²) in [4.78, 5) is 2.55. The van der Waals surface area contributed by atoms with E-state index >= 15 is 0 Å². The van der Waals surface area contributed by atoms with E-state index < -0.39 is 0 Å². The van der Waals surface area contributed by atoms with E-state index in [0.717, 1.165) is 32.7 Å². The first kappa shape index (κ1) is 10.3. The number of nitrogens with zero attached hydrogens (tertiary/aromatic N) is 1. The van der Waals surface area contributed by atoms with E-state index in [0.29, 0.717) is 0 Å². The van der Waals surface area contributed by atoms with Gasteiger partial charge in [0.1, 0.15) is 0 Å². The molecule has 0 spiro atoms. The Labute approximate surface area is 96.8 Å². The summed E-state index contributed by atoms with van der Waals surface area (Å²) in [7, 11) is 0. The molecule has 0 saturated carbocycles. The van der Waals surface area contributed by atoms with Gasteiger partial charge in [0.15, 0.2) is 0 Å². The molecular weight excluding hydrogens is 198 g/mol. The third-order valence-corrected chi connectivity index (χ3v) is 3.59. The van der Waals surface area contributed by atoms with E-state index in [9.17, 15) is 0 Å². The Hall–Kier alpha value is -0.900. The van der Waals surface area contributed by atoms with Gasteiger partial charge >= 0.3 is 0 Å². The van der Waals surface area contributed by atoms with E-state index in [1.165, 1.54) is 24.2 Å². The summed E-state index contributed by atoms with van der Waals surface area (Å²) in [5, 5.41) is 6.83. The first-order valence-electron chi connectivity index (χ1n) is 6.17. The zero-order valence-electron chi connectivity index (χ0n) is 9.63. The number of rotatable bonds is 2. The fourth-order valence-corrected chi connectivity index (χ4v) is 2.66. The van der Waals surface area contributed by atoms with Gasteiger partial charge in [-0.2, -0.15) is 0 Å². The molecule has 86 valence electrons. The maximum absolute atomic E-state index is 3.43. The summed E-state index contributed by atoms with van der Waals surface area (Å²) in [6.45, 7) is 7.84. The van der Waals surface area contributed by atoms with Crippen LogP contribution in [0.5, 0.6) is 0 Å². The molecule has 1 fully saturated rings. The first-order valence-corrected chi connectivity index (χ1v) is 6.17. The number of hydrogen-bond acceptors (Lipinski definition) is 3. The lowest BCUT2D eigenvalue weighted by Gasteiger charge is -2.27. The molecule has 3 heteroatoms. The summed E-state index contributed by atoms with van der Waals surface area (Å²) >= 11 is 0. The fraction of sp³-hybridized carbons (Fsp3) is 0.538. The van der Waals surface area contributed by atoms with Crippen LogP contribution in [0.4, 0.5) is 0 Å². The summed E-state index contributed by atoms with van der Waals surface area (Å²) in [6, 6.07) is 6.73. The maximum Gasteiger partial charge on any atom is 0.0238 e. The van der Waals surface area contributed by atoms with Crippen LogP contribution in [-0.4, -0.2) is 31.1 Å². The third kappa shape index (κ3) is 1.98. The lowest BCUT2D eigenvalue weighted by Crippen LogP contribution is -2.43. The Kier molecular flexibility index (Phi) is 2.91. The number of piperazine rings is 1. The van der Waals surface area contributed by atoms with Crippen LogP contribution in [0.15, 0.2) is 18.2 Å². The predicted molar refractivity (Wildman–Crippen MR) is 65.1 cm³/mol. The molecule has 0 aliphatic carbocycles. The smallest absolute Gasteiger partial charge is 0.0238 e. The minimum absolute atomic E-state index is 1.05. The fourth-order valence-electron chi connectivity index (χ4n) is 2.66. The average Bonchev–Trinajstić information content (AvgIpc) is 2.80. The molecule has 1 saturated heterocycles. The second-order valence-corrected chi connectivity index (χ2v) is 4.68. The number of benzene rings is 1. The predicted octanol–water partition coefficient (Wildman–Crippen LogP) is 0.695. The number of fused-ring (bicyclic) bond motifs is 1. The molecule has 0 atom stereocenters. The van der Waals surface area contributed by atoms with Crippen molar-refractivity contribution in [1.29, 1.82) is 0 Å². The summed E-state index contributed by atoms with van der Waals surface area (Å²) in [5.41, 5.74) is 4.55. The topological polar surface area (TPSA) is 27.3 Å². The lowest BCUT2D eigenvalue weighted by atomic mass is 10.0. The minimum atomic E-state index is 1.05. The van der Waals surface area contributed by atoms with Gasteiger partial charge in [-0.25, -0.2) is 0 Å². The second-order valence-electron chi connectivity index (χ2n) is 4.68. The number of hydrogen-bond donors (Lipinski definition) is 2. The van der Waals surface area contributed by atoms with Gasteiger partial charge in [0.25, 0.3) is 0 Å². The molecule has 0 unspecified atom stereocenters. The highest BCUT2D eigenvalue weighted by Gasteiger charge is 2.16. The third-order valence-electron chi connectivity index (χ3n) is 3.59. The SMILES string of the molecule is c1cc2c(c(CN3CCNCC3)c1)CNC2. The van der Waals surface area contributed by atoms with Crippen molar-refractivity contribution in [2.75, 3.05) is 26.2 Å². The minimum Gasteiger partial charge on any atom is -0.314 e. The molecule has 0 amide bonds. The molecule has 2 heterocycles. The van der Waals surface area contributed by atoms with Crippen molar-refractivity contribution in [3.05, 3.63) is 34.9 Å². The van der Waals surface area contributed by atoms with Crippen molar-refractivity contribution in [2.45, 2.75) is 19.6 Å². The van der Waals surface area contributed by atoms with E-state index in [2.05, 4.69) is 33.7 Å². The van der Waals surface area contributed by atoms with Gasteiger partial charge in [-0.3, -0.25) is 4.90 Å². The monoisotopic (exact) mass is 217 g/mol. The summed E-state index contributed by atoms with van der Waals surface area (Å²) in [6.07, 6.45) is 0. The second kappa shape index (κ2) is 4.53.